The molecule has 3 aromatic carbocycles. The van der Waals surface area contributed by atoms with Crippen molar-refractivity contribution >= 4 is 17.7 Å². The molecule has 3 aliphatic rings. The smallest absolute Gasteiger partial charge is 0.279 e. The van der Waals surface area contributed by atoms with Crippen molar-refractivity contribution < 1.29 is 19.7 Å². The van der Waals surface area contributed by atoms with Gasteiger partial charge >= 0.3 is 0 Å². The van der Waals surface area contributed by atoms with Crippen LogP contribution in [0.5, 0.6) is 0 Å². The molecule has 6 atom stereocenters. The minimum absolute atomic E-state index is 0.127. The molecule has 8 heteroatoms. The summed E-state index contributed by atoms with van der Waals surface area (Å²) in [7, 11) is 1.88. The molecule has 3 fully saturated rings. The predicted molar refractivity (Wildman–Crippen MR) is 169 cm³/mol. The second-order valence-corrected chi connectivity index (χ2v) is 12.7. The van der Waals surface area contributed by atoms with Gasteiger partial charge in [-0.1, -0.05) is 97.4 Å². The van der Waals surface area contributed by atoms with Crippen LogP contribution in [0.4, 0.5) is 0 Å². The van der Waals surface area contributed by atoms with Gasteiger partial charge in [0.25, 0.3) is 5.91 Å². The van der Waals surface area contributed by atoms with Gasteiger partial charge in [-0.3, -0.25) is 14.4 Å². The van der Waals surface area contributed by atoms with Crippen molar-refractivity contribution in [2.24, 2.45) is 11.8 Å². The van der Waals surface area contributed by atoms with E-state index in [4.69, 9.17) is 5.73 Å². The van der Waals surface area contributed by atoms with Crippen molar-refractivity contribution in [1.82, 2.24) is 15.5 Å². The SMILES string of the molecule is C[NH2+]C(Cc1ccccc1)C(=O)NC1C(=O)N2C(C(=O)NC(c3ccccc3)c3ccccc3)CCC23CC3CC1CC[NH-]. The number of nitrogens with one attached hydrogen (secondary N) is 3. The molecule has 1 spiro atoms. The van der Waals surface area contributed by atoms with Gasteiger partial charge < -0.3 is 26.6 Å². The summed E-state index contributed by atoms with van der Waals surface area (Å²) in [6.45, 7) is 0.192. The minimum atomic E-state index is -0.747. The summed E-state index contributed by atoms with van der Waals surface area (Å²) < 4.78 is 0. The van der Waals surface area contributed by atoms with Crippen LogP contribution in [0.15, 0.2) is 91.0 Å². The first-order chi connectivity index (χ1) is 21.4. The number of carbonyl (C=O) groups excluding carboxylic acids is 3. The Labute approximate surface area is 259 Å². The van der Waals surface area contributed by atoms with Crippen LogP contribution in [0.25, 0.3) is 5.73 Å². The number of carbonyl (C=O) groups is 3. The third-order valence-electron chi connectivity index (χ3n) is 10.1. The lowest BCUT2D eigenvalue weighted by molar-refractivity contribution is -0.649. The van der Waals surface area contributed by atoms with E-state index < -0.39 is 12.1 Å². The highest BCUT2D eigenvalue weighted by Gasteiger charge is 2.68. The van der Waals surface area contributed by atoms with E-state index in [9.17, 15) is 14.4 Å². The molecule has 0 radical (unpaired) electrons. The van der Waals surface area contributed by atoms with Gasteiger partial charge in [0.1, 0.15) is 12.1 Å². The first-order valence-electron chi connectivity index (χ1n) is 16.0. The Kier molecular flexibility index (Phi) is 8.82. The molecule has 6 unspecified atom stereocenters. The van der Waals surface area contributed by atoms with Crippen LogP contribution in [0.3, 0.4) is 0 Å². The summed E-state index contributed by atoms with van der Waals surface area (Å²) in [5.41, 5.74) is 10.7. The van der Waals surface area contributed by atoms with E-state index in [0.717, 1.165) is 36.0 Å². The normalized spacial score (nSPS) is 26.3. The third-order valence-corrected chi connectivity index (χ3v) is 10.1. The fourth-order valence-corrected chi connectivity index (χ4v) is 7.72. The van der Waals surface area contributed by atoms with Crippen molar-refractivity contribution in [1.29, 1.82) is 0 Å². The molecule has 2 aliphatic heterocycles. The fraction of sp³-hybridized carbons (Fsp3) is 0.417. The zero-order valence-corrected chi connectivity index (χ0v) is 25.3. The minimum Gasteiger partial charge on any atom is -0.677 e. The number of nitrogens with zero attached hydrogens (tertiary/aromatic N) is 1. The topological polar surface area (TPSA) is 119 Å². The van der Waals surface area contributed by atoms with Crippen molar-refractivity contribution in [3.05, 3.63) is 113 Å². The lowest BCUT2D eigenvalue weighted by atomic mass is 9.89. The van der Waals surface area contributed by atoms with Gasteiger partial charge in [0.15, 0.2) is 6.04 Å². The molecular formula is C36H43N5O3. The third kappa shape index (κ3) is 5.88. The van der Waals surface area contributed by atoms with Crippen LogP contribution in [0, 0.1) is 11.8 Å². The number of amides is 3. The van der Waals surface area contributed by atoms with E-state index in [2.05, 4.69) is 10.6 Å². The summed E-state index contributed by atoms with van der Waals surface area (Å²) in [4.78, 5) is 44.2. The van der Waals surface area contributed by atoms with Crippen LogP contribution in [-0.2, 0) is 20.8 Å². The molecule has 5 N–H and O–H groups in total. The van der Waals surface area contributed by atoms with Crippen molar-refractivity contribution in [2.75, 3.05) is 13.6 Å². The Bertz CT molecular complexity index is 1410. The van der Waals surface area contributed by atoms with Crippen LogP contribution in [0.1, 0.15) is 54.8 Å². The predicted octanol–water partition coefficient (Wildman–Crippen LogP) is 3.39. The number of benzene rings is 3. The second kappa shape index (κ2) is 12.9. The molecule has 230 valence electrons. The molecule has 6 rings (SSSR count). The summed E-state index contributed by atoms with van der Waals surface area (Å²) in [5, 5.41) is 8.32. The highest BCUT2D eigenvalue weighted by atomic mass is 16.2. The van der Waals surface area contributed by atoms with Gasteiger partial charge in [-0.05, 0) is 54.2 Å². The van der Waals surface area contributed by atoms with Crippen molar-refractivity contribution in [2.45, 2.75) is 68.2 Å². The van der Waals surface area contributed by atoms with Crippen LogP contribution >= 0.6 is 0 Å². The lowest BCUT2D eigenvalue weighted by Gasteiger charge is -2.35. The van der Waals surface area contributed by atoms with E-state index in [1.165, 1.54) is 0 Å². The van der Waals surface area contributed by atoms with E-state index in [1.807, 2.05) is 108 Å². The number of nitrogens with two attached hydrogens (primary N) is 1. The molecular weight excluding hydrogens is 550 g/mol. The molecule has 1 saturated carbocycles. The molecule has 2 saturated heterocycles. The van der Waals surface area contributed by atoms with E-state index in [-0.39, 0.29) is 47.8 Å². The first kappa shape index (κ1) is 30.0. The Morgan fingerprint density at radius 1 is 0.977 bits per heavy atom. The van der Waals surface area contributed by atoms with E-state index in [0.29, 0.717) is 25.2 Å². The summed E-state index contributed by atoms with van der Waals surface area (Å²) in [6.07, 6.45) is 4.16. The molecule has 2 heterocycles. The summed E-state index contributed by atoms with van der Waals surface area (Å²) in [6, 6.07) is 27.6. The summed E-state index contributed by atoms with van der Waals surface area (Å²) in [5.74, 6) is -0.341. The molecule has 44 heavy (non-hydrogen) atoms. The molecule has 0 bridgehead atoms. The number of hydrogen-bond acceptors (Lipinski definition) is 3. The van der Waals surface area contributed by atoms with Gasteiger partial charge in [-0.25, -0.2) is 0 Å². The average molecular weight is 594 g/mol. The monoisotopic (exact) mass is 593 g/mol. The van der Waals surface area contributed by atoms with E-state index in [1.54, 1.807) is 0 Å². The van der Waals surface area contributed by atoms with Gasteiger partial charge in [-0.2, -0.15) is 6.54 Å². The largest absolute Gasteiger partial charge is 0.677 e. The first-order valence-corrected chi connectivity index (χ1v) is 16.0. The van der Waals surface area contributed by atoms with Crippen LogP contribution in [0.2, 0.25) is 0 Å². The maximum atomic E-state index is 14.5. The Morgan fingerprint density at radius 3 is 2.18 bits per heavy atom. The van der Waals surface area contributed by atoms with Crippen molar-refractivity contribution in [3.63, 3.8) is 0 Å². The maximum Gasteiger partial charge on any atom is 0.279 e. The van der Waals surface area contributed by atoms with E-state index >= 15 is 0 Å². The zero-order chi connectivity index (χ0) is 30.7. The van der Waals surface area contributed by atoms with Crippen molar-refractivity contribution in [3.8, 4) is 0 Å². The fourth-order valence-electron chi connectivity index (χ4n) is 7.72. The number of hydrogen-bond donors (Lipinski definition) is 3. The molecule has 8 nitrogen and oxygen atoms in total. The lowest BCUT2D eigenvalue weighted by Crippen LogP contribution is -2.90. The van der Waals surface area contributed by atoms with Gasteiger partial charge in [0.05, 0.1) is 13.1 Å². The van der Waals surface area contributed by atoms with Crippen LogP contribution in [-0.4, -0.2) is 59.9 Å². The Morgan fingerprint density at radius 2 is 1.59 bits per heavy atom. The van der Waals surface area contributed by atoms with Gasteiger partial charge in [0.2, 0.25) is 11.8 Å². The van der Waals surface area contributed by atoms with Gasteiger partial charge in [0, 0.05) is 12.0 Å². The number of rotatable bonds is 11. The quantitative estimate of drug-likeness (QED) is 0.316. The van der Waals surface area contributed by atoms with Gasteiger partial charge in [-0.15, -0.1) is 0 Å². The zero-order valence-electron chi connectivity index (χ0n) is 25.3. The maximum absolute atomic E-state index is 14.5. The molecule has 3 aromatic rings. The molecule has 0 aromatic heterocycles. The number of quaternary nitrogens is 1. The standard InChI is InChI=1S/C36H42N5O3/c1-38-29(21-24-11-5-2-6-12-24)33(42)40-32-27(18-20-37)22-28-23-36(28)19-17-30(41(36)35(32)44)34(43)39-31(25-13-7-3-8-14-25)26-15-9-4-10-16-26/h2-16,27-32,37-38H,17-23H2,1H3,(H,39,43)(H,40,42)/q-1/p+1. The second-order valence-electron chi connectivity index (χ2n) is 12.7. The number of likely N-dealkylation sites (N-methyl/N-ethyl adjacent to an activating group) is 1. The molecule has 1 aliphatic carbocycles. The highest BCUT2D eigenvalue weighted by Crippen LogP contribution is 2.61. The molecule has 3 amide bonds. The summed E-state index contributed by atoms with van der Waals surface area (Å²) >= 11 is 0. The van der Waals surface area contributed by atoms with Crippen LogP contribution < -0.4 is 16.0 Å². The average Bonchev–Trinajstić information content (AvgIpc) is 3.62. The Hall–Kier alpha value is -4.01. The highest BCUT2D eigenvalue weighted by molar-refractivity contribution is 5.95. The Balaban J connectivity index is 1.25.